The Labute approximate surface area is 176 Å². The number of ether oxygens (including phenoxy) is 2. The van der Waals surface area contributed by atoms with Gasteiger partial charge in [-0.2, -0.15) is 0 Å². The Morgan fingerprint density at radius 2 is 2.13 bits per heavy atom. The van der Waals surface area contributed by atoms with Crippen molar-refractivity contribution in [2.75, 3.05) is 65.5 Å². The first-order valence-corrected chi connectivity index (χ1v) is 9.87. The topological polar surface area (TPSA) is 79.8 Å². The number of amides is 1. The summed E-state index contributed by atoms with van der Waals surface area (Å²) in [7, 11) is 5.34. The van der Waals surface area contributed by atoms with Gasteiger partial charge in [-0.25, -0.2) is 14.4 Å². The Balaban J connectivity index is 1.81. The molecule has 1 N–H and O–H groups in total. The number of benzene rings is 1. The third-order valence-corrected chi connectivity index (χ3v) is 4.81. The van der Waals surface area contributed by atoms with E-state index in [1.807, 2.05) is 23.9 Å². The van der Waals surface area contributed by atoms with Crippen LogP contribution in [0.5, 0.6) is 0 Å². The van der Waals surface area contributed by atoms with E-state index in [2.05, 4.69) is 10.3 Å². The van der Waals surface area contributed by atoms with Crippen molar-refractivity contribution in [3.63, 3.8) is 0 Å². The largest absolute Gasteiger partial charge is 0.383 e. The van der Waals surface area contributed by atoms with Crippen LogP contribution in [0.15, 0.2) is 30.5 Å². The number of hydrogen-bond donors (Lipinski definition) is 1. The van der Waals surface area contributed by atoms with Crippen molar-refractivity contribution in [3.8, 4) is 11.1 Å². The Bertz CT molecular complexity index is 847. The van der Waals surface area contributed by atoms with Crippen LogP contribution in [0.2, 0.25) is 0 Å². The monoisotopic (exact) mass is 417 g/mol. The van der Waals surface area contributed by atoms with E-state index in [4.69, 9.17) is 14.5 Å². The highest BCUT2D eigenvalue weighted by atomic mass is 19.1. The van der Waals surface area contributed by atoms with Gasteiger partial charge in [0.05, 0.1) is 25.5 Å². The number of nitrogens with one attached hydrogen (secondary N) is 1. The average Bonchev–Trinajstić information content (AvgIpc) is 2.74. The van der Waals surface area contributed by atoms with E-state index in [0.717, 1.165) is 16.8 Å². The second kappa shape index (κ2) is 10.4. The summed E-state index contributed by atoms with van der Waals surface area (Å²) >= 11 is 0. The number of methoxy groups -OCH3 is 1. The van der Waals surface area contributed by atoms with Crippen LogP contribution in [0, 0.1) is 5.82 Å². The fourth-order valence-corrected chi connectivity index (χ4v) is 3.26. The molecule has 30 heavy (non-hydrogen) atoms. The molecule has 162 valence electrons. The molecule has 0 radical (unpaired) electrons. The number of morpholine rings is 1. The smallest absolute Gasteiger partial charge is 0.234 e. The fraction of sp³-hybridized carbons (Fsp3) is 0.476. The lowest BCUT2D eigenvalue weighted by molar-refractivity contribution is -0.124. The van der Waals surface area contributed by atoms with Gasteiger partial charge in [0.15, 0.2) is 0 Å². The number of anilines is 1. The Morgan fingerprint density at radius 3 is 2.83 bits per heavy atom. The average molecular weight is 417 g/mol. The molecule has 0 aliphatic carbocycles. The normalized spacial score (nSPS) is 17.0. The number of hydrogen-bond acceptors (Lipinski definition) is 7. The third-order valence-electron chi connectivity index (χ3n) is 4.81. The first-order valence-electron chi connectivity index (χ1n) is 9.87. The molecule has 0 saturated carbocycles. The zero-order valence-corrected chi connectivity index (χ0v) is 17.6. The van der Waals surface area contributed by atoms with Crippen LogP contribution in [0.4, 0.5) is 10.3 Å². The maximum absolute atomic E-state index is 13.4. The minimum atomic E-state index is -0.327. The molecule has 0 bridgehead atoms. The summed E-state index contributed by atoms with van der Waals surface area (Å²) < 4.78 is 24.4. The molecule has 1 saturated heterocycles. The molecule has 1 amide bonds. The van der Waals surface area contributed by atoms with E-state index in [9.17, 15) is 9.18 Å². The van der Waals surface area contributed by atoms with Crippen LogP contribution >= 0.6 is 0 Å². The van der Waals surface area contributed by atoms with Crippen LogP contribution in [-0.4, -0.2) is 81.4 Å². The van der Waals surface area contributed by atoms with E-state index < -0.39 is 0 Å². The van der Waals surface area contributed by atoms with Gasteiger partial charge in [-0.15, -0.1) is 0 Å². The molecule has 2 aromatic rings. The number of carbonyl (C=O) groups excluding carboxylic acids is 1. The molecule has 1 atom stereocenters. The molecule has 1 aliphatic heterocycles. The van der Waals surface area contributed by atoms with Crippen molar-refractivity contribution in [1.82, 2.24) is 20.2 Å². The second-order valence-corrected chi connectivity index (χ2v) is 7.31. The van der Waals surface area contributed by atoms with E-state index >= 15 is 0 Å². The van der Waals surface area contributed by atoms with Gasteiger partial charge in [0.2, 0.25) is 11.9 Å². The Hall–Kier alpha value is -2.62. The van der Waals surface area contributed by atoms with Gasteiger partial charge in [0.1, 0.15) is 11.9 Å². The molecular weight excluding hydrogens is 389 g/mol. The molecule has 0 unspecified atom stereocenters. The van der Waals surface area contributed by atoms with Gasteiger partial charge in [-0.05, 0) is 17.7 Å². The minimum absolute atomic E-state index is 0.0527. The molecule has 1 aliphatic rings. The Kier molecular flexibility index (Phi) is 7.67. The number of nitrogens with zero attached hydrogens (tertiary/aromatic N) is 4. The lowest BCUT2D eigenvalue weighted by Crippen LogP contribution is -2.45. The first-order chi connectivity index (χ1) is 14.5. The number of carbonyl (C=O) groups is 1. The molecule has 9 heteroatoms. The zero-order chi connectivity index (χ0) is 21.5. The predicted molar refractivity (Wildman–Crippen MR) is 112 cm³/mol. The third kappa shape index (κ3) is 5.71. The van der Waals surface area contributed by atoms with Crippen LogP contribution in [0.25, 0.3) is 11.1 Å². The van der Waals surface area contributed by atoms with Crippen molar-refractivity contribution >= 4 is 11.9 Å². The number of aromatic nitrogens is 2. The molecule has 1 aromatic heterocycles. The fourth-order valence-electron chi connectivity index (χ4n) is 3.26. The van der Waals surface area contributed by atoms with Crippen molar-refractivity contribution in [2.24, 2.45) is 0 Å². The molecule has 0 spiro atoms. The van der Waals surface area contributed by atoms with Crippen molar-refractivity contribution < 1.29 is 18.7 Å². The van der Waals surface area contributed by atoms with Gasteiger partial charge in [-0.1, -0.05) is 12.1 Å². The van der Waals surface area contributed by atoms with Gasteiger partial charge < -0.3 is 19.7 Å². The van der Waals surface area contributed by atoms with Gasteiger partial charge in [-0.3, -0.25) is 9.69 Å². The Morgan fingerprint density at radius 1 is 1.37 bits per heavy atom. The zero-order valence-electron chi connectivity index (χ0n) is 17.6. The SMILES string of the molecule is COCCNC(=O)CN1CCO[C@H](c2nc(N(C)C)ncc2-c2ccc(F)cc2)C1. The molecule has 8 nitrogen and oxygen atoms in total. The standard InChI is InChI=1S/C21H28FN5O3/c1-26(2)21-24-12-17(15-4-6-16(22)7-5-15)20(25-21)18-13-27(9-11-30-18)14-19(28)23-8-10-29-3/h4-7,12,18H,8-11,13-14H2,1-3H3,(H,23,28)/t18-/m0/s1. The molecule has 1 fully saturated rings. The summed E-state index contributed by atoms with van der Waals surface area (Å²) in [6.45, 7) is 2.91. The van der Waals surface area contributed by atoms with Crippen molar-refractivity contribution in [3.05, 3.63) is 42.0 Å². The minimum Gasteiger partial charge on any atom is -0.383 e. The summed E-state index contributed by atoms with van der Waals surface area (Å²) in [5.74, 6) is 0.211. The van der Waals surface area contributed by atoms with Gasteiger partial charge in [0.25, 0.3) is 0 Å². The van der Waals surface area contributed by atoms with Crippen LogP contribution in [-0.2, 0) is 14.3 Å². The maximum Gasteiger partial charge on any atom is 0.234 e. The molecule has 3 rings (SSSR count). The van der Waals surface area contributed by atoms with Crippen molar-refractivity contribution in [2.45, 2.75) is 6.10 Å². The molecule has 1 aromatic carbocycles. The molecular formula is C21H28FN5O3. The lowest BCUT2D eigenvalue weighted by Gasteiger charge is -2.33. The number of halogens is 1. The van der Waals surface area contributed by atoms with Crippen molar-refractivity contribution in [1.29, 1.82) is 0 Å². The second-order valence-electron chi connectivity index (χ2n) is 7.31. The quantitative estimate of drug-likeness (QED) is 0.652. The summed E-state index contributed by atoms with van der Waals surface area (Å²) in [6, 6.07) is 6.24. The van der Waals surface area contributed by atoms with E-state index in [-0.39, 0.29) is 24.4 Å². The first kappa shape index (κ1) is 22.1. The van der Waals surface area contributed by atoms with Crippen LogP contribution < -0.4 is 10.2 Å². The van der Waals surface area contributed by atoms with Crippen LogP contribution in [0.1, 0.15) is 11.8 Å². The van der Waals surface area contributed by atoms with E-state index in [0.29, 0.717) is 38.8 Å². The summed E-state index contributed by atoms with van der Waals surface area (Å²) in [5.41, 5.74) is 2.33. The predicted octanol–water partition coefficient (Wildman–Crippen LogP) is 1.48. The maximum atomic E-state index is 13.4. The summed E-state index contributed by atoms with van der Waals surface area (Å²) in [6.07, 6.45) is 1.41. The number of rotatable bonds is 8. The summed E-state index contributed by atoms with van der Waals surface area (Å²) in [5, 5.41) is 2.84. The lowest BCUT2D eigenvalue weighted by atomic mass is 10.0. The summed E-state index contributed by atoms with van der Waals surface area (Å²) in [4.78, 5) is 25.2. The van der Waals surface area contributed by atoms with E-state index in [1.165, 1.54) is 12.1 Å². The highest BCUT2D eigenvalue weighted by Gasteiger charge is 2.27. The van der Waals surface area contributed by atoms with E-state index in [1.54, 1.807) is 25.4 Å². The van der Waals surface area contributed by atoms with Gasteiger partial charge in [0, 0.05) is 52.6 Å². The molecule has 2 heterocycles. The van der Waals surface area contributed by atoms with Crippen LogP contribution in [0.3, 0.4) is 0 Å². The highest BCUT2D eigenvalue weighted by molar-refractivity contribution is 5.78. The van der Waals surface area contributed by atoms with Gasteiger partial charge >= 0.3 is 0 Å². The highest BCUT2D eigenvalue weighted by Crippen LogP contribution is 2.31.